The first-order valence-electron chi connectivity index (χ1n) is 2.85. The molecule has 0 saturated heterocycles. The lowest BCUT2D eigenvalue weighted by molar-refractivity contribution is 0.285. The van der Waals surface area contributed by atoms with Crippen LogP contribution >= 0.6 is 0 Å². The summed E-state index contributed by atoms with van der Waals surface area (Å²) in [6, 6.07) is 0. The molecule has 3 heteroatoms. The molecule has 0 aromatic rings. The first kappa shape index (κ1) is 11.6. The summed E-state index contributed by atoms with van der Waals surface area (Å²) in [5, 5.41) is 0. The van der Waals surface area contributed by atoms with Gasteiger partial charge in [-0.05, 0) is 13.5 Å². The van der Waals surface area contributed by atoms with E-state index in [1.165, 1.54) is 0 Å². The van der Waals surface area contributed by atoms with Crippen molar-refractivity contribution in [3.8, 4) is 0 Å². The molecule has 0 amide bonds. The van der Waals surface area contributed by atoms with Crippen molar-refractivity contribution in [1.82, 2.24) is 0 Å². The lowest BCUT2D eigenvalue weighted by Crippen LogP contribution is -2.12. The molecule has 0 saturated carbocycles. The third-order valence-electron chi connectivity index (χ3n) is 0.664. The van der Waals surface area contributed by atoms with E-state index in [9.17, 15) is 0 Å². The van der Waals surface area contributed by atoms with E-state index in [1.54, 1.807) is 20.3 Å². The van der Waals surface area contributed by atoms with Gasteiger partial charge in [0.25, 0.3) is 0 Å². The molecule has 0 N–H and O–H groups in total. The van der Waals surface area contributed by atoms with Gasteiger partial charge in [-0.1, -0.05) is 6.08 Å². The van der Waals surface area contributed by atoms with Crippen LogP contribution in [0.5, 0.6) is 0 Å². The molecule has 0 unspecified atom stereocenters. The number of allylic oxidation sites excluding steroid dienone is 1. The minimum absolute atomic E-state index is 1.16. The molecule has 0 heterocycles. The first-order valence-corrected chi connectivity index (χ1v) is 4.95. The summed E-state index contributed by atoms with van der Waals surface area (Å²) in [5.74, 6) is 0. The van der Waals surface area contributed by atoms with Gasteiger partial charge in [-0.15, -0.1) is 6.58 Å². The quantitative estimate of drug-likeness (QED) is 0.434. The van der Waals surface area contributed by atoms with Crippen molar-refractivity contribution in [3.63, 3.8) is 0 Å². The Labute approximate surface area is 59.3 Å². The Hall–Kier alpha value is -0.123. The Bertz CT molecular complexity index is 53.0. The number of rotatable bonds is 2. The van der Waals surface area contributed by atoms with Gasteiger partial charge in [0, 0.05) is 14.2 Å². The van der Waals surface area contributed by atoms with Crippen LogP contribution < -0.4 is 0 Å². The second-order valence-electron chi connectivity index (χ2n) is 1.45. The normalized spacial score (nSPS) is 8.11. The molecular formula is C6H16O2Si. The third-order valence-corrected chi connectivity index (χ3v) is 1.99. The summed E-state index contributed by atoms with van der Waals surface area (Å²) in [5.41, 5.74) is 0. The summed E-state index contributed by atoms with van der Waals surface area (Å²) in [4.78, 5) is 0. The van der Waals surface area contributed by atoms with E-state index in [0.29, 0.717) is 0 Å². The molecule has 2 nitrogen and oxygen atoms in total. The van der Waals surface area contributed by atoms with Crippen LogP contribution in [0, 0.1) is 0 Å². The van der Waals surface area contributed by atoms with Crippen molar-refractivity contribution in [3.05, 3.63) is 12.7 Å². The van der Waals surface area contributed by atoms with Gasteiger partial charge in [0.2, 0.25) is 0 Å². The second kappa shape index (κ2) is 10.8. The van der Waals surface area contributed by atoms with Gasteiger partial charge < -0.3 is 8.85 Å². The maximum atomic E-state index is 4.82. The van der Waals surface area contributed by atoms with Gasteiger partial charge >= 0.3 is 9.28 Å². The molecule has 0 aliphatic heterocycles. The van der Waals surface area contributed by atoms with E-state index in [1.807, 2.05) is 13.5 Å². The fourth-order valence-electron chi connectivity index (χ4n) is 0.0962. The molecule has 56 valence electrons. The van der Waals surface area contributed by atoms with Crippen LogP contribution in [0.1, 0.15) is 6.92 Å². The van der Waals surface area contributed by atoms with Crippen LogP contribution in [0.2, 0.25) is 6.55 Å². The highest BCUT2D eigenvalue weighted by atomic mass is 28.3. The average Bonchev–Trinajstić information content (AvgIpc) is 1.88. The minimum atomic E-state index is -1.16. The standard InChI is InChI=1S/C3H10O2Si.C3H6/c1-4-6(3)5-2;1-3-2/h6H,1-3H3;3H,1H2,2H3. The molecule has 9 heavy (non-hydrogen) atoms. The summed E-state index contributed by atoms with van der Waals surface area (Å²) in [6.07, 6.45) is 1.75. The zero-order valence-electron chi connectivity index (χ0n) is 6.68. The van der Waals surface area contributed by atoms with E-state index >= 15 is 0 Å². The summed E-state index contributed by atoms with van der Waals surface area (Å²) in [7, 11) is 2.17. The van der Waals surface area contributed by atoms with Crippen molar-refractivity contribution in [2.24, 2.45) is 0 Å². The van der Waals surface area contributed by atoms with Crippen LogP contribution in [0.3, 0.4) is 0 Å². The summed E-state index contributed by atoms with van der Waals surface area (Å²) in [6.45, 7) is 7.22. The first-order chi connectivity index (χ1) is 4.22. The molecule has 0 aromatic carbocycles. The van der Waals surface area contributed by atoms with E-state index in [2.05, 4.69) is 6.58 Å². The maximum Gasteiger partial charge on any atom is 0.317 e. The molecule has 0 rings (SSSR count). The van der Waals surface area contributed by atoms with Gasteiger partial charge in [0.15, 0.2) is 0 Å². The Balaban J connectivity index is 0. The van der Waals surface area contributed by atoms with Crippen molar-refractivity contribution < 1.29 is 8.85 Å². The predicted molar refractivity (Wildman–Crippen MR) is 42.9 cm³/mol. The highest BCUT2D eigenvalue weighted by molar-refractivity contribution is 6.42. The number of hydrogen-bond acceptors (Lipinski definition) is 2. The van der Waals surface area contributed by atoms with Crippen LogP contribution in [0.4, 0.5) is 0 Å². The van der Waals surface area contributed by atoms with Crippen LogP contribution in [0.15, 0.2) is 12.7 Å². The molecular weight excluding hydrogens is 132 g/mol. The predicted octanol–water partition coefficient (Wildman–Crippen LogP) is 1.32. The Morgan fingerprint density at radius 2 is 1.56 bits per heavy atom. The lowest BCUT2D eigenvalue weighted by Gasteiger charge is -2.00. The van der Waals surface area contributed by atoms with Crippen LogP contribution in [-0.4, -0.2) is 23.5 Å². The van der Waals surface area contributed by atoms with Crippen LogP contribution in [-0.2, 0) is 8.85 Å². The van der Waals surface area contributed by atoms with Crippen molar-refractivity contribution >= 4 is 9.28 Å². The highest BCUT2D eigenvalue weighted by Gasteiger charge is 1.94. The Kier molecular flexibility index (Phi) is 14.0. The fraction of sp³-hybridized carbons (Fsp3) is 0.667. The van der Waals surface area contributed by atoms with Gasteiger partial charge in [-0.25, -0.2) is 0 Å². The monoisotopic (exact) mass is 148 g/mol. The van der Waals surface area contributed by atoms with E-state index in [-0.39, 0.29) is 0 Å². The molecule has 0 bridgehead atoms. The van der Waals surface area contributed by atoms with E-state index < -0.39 is 9.28 Å². The smallest absolute Gasteiger partial charge is 0.317 e. The fourth-order valence-corrected chi connectivity index (χ4v) is 0.289. The molecule has 0 aliphatic rings. The maximum absolute atomic E-state index is 4.82. The molecule has 0 radical (unpaired) electrons. The van der Waals surface area contributed by atoms with Gasteiger partial charge in [-0.2, -0.15) is 0 Å². The van der Waals surface area contributed by atoms with Crippen molar-refractivity contribution in [2.75, 3.05) is 14.2 Å². The summed E-state index contributed by atoms with van der Waals surface area (Å²) >= 11 is 0. The topological polar surface area (TPSA) is 18.5 Å². The van der Waals surface area contributed by atoms with Crippen LogP contribution in [0.25, 0.3) is 0 Å². The molecule has 0 aromatic heterocycles. The Morgan fingerprint density at radius 1 is 1.33 bits per heavy atom. The van der Waals surface area contributed by atoms with Gasteiger partial charge in [-0.3, -0.25) is 0 Å². The largest absolute Gasteiger partial charge is 0.400 e. The van der Waals surface area contributed by atoms with E-state index in [0.717, 1.165) is 0 Å². The van der Waals surface area contributed by atoms with Crippen molar-refractivity contribution in [1.29, 1.82) is 0 Å². The van der Waals surface area contributed by atoms with Crippen molar-refractivity contribution in [2.45, 2.75) is 13.5 Å². The molecule has 0 fully saturated rings. The minimum Gasteiger partial charge on any atom is -0.400 e. The zero-order valence-corrected chi connectivity index (χ0v) is 7.83. The zero-order chi connectivity index (χ0) is 7.70. The van der Waals surface area contributed by atoms with Gasteiger partial charge in [0.05, 0.1) is 0 Å². The molecule has 0 atom stereocenters. The highest BCUT2D eigenvalue weighted by Crippen LogP contribution is 1.77. The Morgan fingerprint density at radius 3 is 1.56 bits per heavy atom. The van der Waals surface area contributed by atoms with E-state index in [4.69, 9.17) is 8.85 Å². The summed E-state index contributed by atoms with van der Waals surface area (Å²) < 4.78 is 9.63. The second-order valence-corrected chi connectivity index (χ2v) is 3.53. The molecule has 0 spiro atoms. The lowest BCUT2D eigenvalue weighted by atomic mass is 10.8. The molecule has 0 aliphatic carbocycles. The van der Waals surface area contributed by atoms with Gasteiger partial charge in [0.1, 0.15) is 0 Å². The third kappa shape index (κ3) is 18.1. The average molecular weight is 148 g/mol. The SMILES string of the molecule is C=CC.CO[SiH](C)OC. The number of hydrogen-bond donors (Lipinski definition) is 0.